The molecule has 5 nitrogen and oxygen atoms in total. The molecule has 1 aliphatic carbocycles. The summed E-state index contributed by atoms with van der Waals surface area (Å²) in [5.41, 5.74) is 2.70. The molecule has 2 saturated heterocycles. The number of benzene rings is 1. The van der Waals surface area contributed by atoms with Crippen LogP contribution in [0.4, 0.5) is 0 Å². The Hall–Kier alpha value is -1.30. The van der Waals surface area contributed by atoms with Crippen LogP contribution >= 0.6 is 0 Å². The minimum absolute atomic E-state index is 0.0744. The Morgan fingerprint density at radius 1 is 1.27 bits per heavy atom. The second-order valence-electron chi connectivity index (χ2n) is 8.32. The van der Waals surface area contributed by atoms with E-state index in [1.807, 2.05) is 0 Å². The highest BCUT2D eigenvalue weighted by Gasteiger charge is 2.67. The van der Waals surface area contributed by atoms with Crippen LogP contribution in [-0.4, -0.2) is 56.7 Å². The highest BCUT2D eigenvalue weighted by atomic mass is 16.8. The van der Waals surface area contributed by atoms with Gasteiger partial charge in [-0.3, -0.25) is 0 Å². The zero-order valence-electron chi connectivity index (χ0n) is 16.2. The fraction of sp³-hybridized carbons (Fsp3) is 0.714. The Kier molecular flexibility index (Phi) is 3.63. The van der Waals surface area contributed by atoms with Crippen molar-refractivity contribution in [1.82, 2.24) is 4.90 Å². The minimum atomic E-state index is -0.659. The predicted octanol–water partition coefficient (Wildman–Crippen LogP) is 2.74. The van der Waals surface area contributed by atoms with Gasteiger partial charge in [-0.05, 0) is 44.0 Å². The topological polar surface area (TPSA) is 40.2 Å². The van der Waals surface area contributed by atoms with Crippen molar-refractivity contribution >= 4 is 0 Å². The summed E-state index contributed by atoms with van der Waals surface area (Å²) in [6.07, 6.45) is 2.80. The number of fused-ring (bicyclic) bond motifs is 1. The smallest absolute Gasteiger partial charge is 0.206 e. The summed E-state index contributed by atoms with van der Waals surface area (Å²) in [4.78, 5) is 2.52. The van der Waals surface area contributed by atoms with Gasteiger partial charge in [0.05, 0.1) is 20.3 Å². The van der Waals surface area contributed by atoms with Crippen LogP contribution in [0.15, 0.2) is 12.1 Å². The van der Waals surface area contributed by atoms with Gasteiger partial charge in [0.15, 0.2) is 17.6 Å². The van der Waals surface area contributed by atoms with Gasteiger partial charge in [0.2, 0.25) is 5.79 Å². The first-order chi connectivity index (χ1) is 12.6. The van der Waals surface area contributed by atoms with Gasteiger partial charge >= 0.3 is 0 Å². The van der Waals surface area contributed by atoms with Gasteiger partial charge in [-0.25, -0.2) is 0 Å². The quantitative estimate of drug-likeness (QED) is 0.830. The molecule has 5 rings (SSSR count). The first-order valence-corrected chi connectivity index (χ1v) is 9.92. The summed E-state index contributed by atoms with van der Waals surface area (Å²) in [6.45, 7) is 6.90. The van der Waals surface area contributed by atoms with Crippen LogP contribution in [0.3, 0.4) is 0 Å². The molecule has 0 amide bonds. The molecular formula is C21H29NO4. The molecule has 4 unspecified atom stereocenters. The minimum Gasteiger partial charge on any atom is -0.493 e. The number of nitrogens with zero attached hydrogens (tertiary/aromatic N) is 1. The Bertz CT molecular complexity index is 729. The summed E-state index contributed by atoms with van der Waals surface area (Å²) in [5, 5.41) is 0. The monoisotopic (exact) mass is 359 g/mol. The SMILES string of the molecule is CCC1(C2Oc3c(OC)ccc4c3C23CCN(C)C(C4)C3C)OCCO1. The van der Waals surface area contributed by atoms with Gasteiger partial charge in [0.25, 0.3) is 0 Å². The number of hydrogen-bond acceptors (Lipinski definition) is 5. The second-order valence-corrected chi connectivity index (χ2v) is 8.32. The van der Waals surface area contributed by atoms with Crippen LogP contribution in [0, 0.1) is 5.92 Å². The van der Waals surface area contributed by atoms with Gasteiger partial charge in [0.1, 0.15) is 0 Å². The lowest BCUT2D eigenvalue weighted by atomic mass is 9.55. The van der Waals surface area contributed by atoms with Crippen LogP contribution in [0.1, 0.15) is 37.8 Å². The van der Waals surface area contributed by atoms with Crippen molar-refractivity contribution in [1.29, 1.82) is 0 Å². The lowest BCUT2D eigenvalue weighted by molar-refractivity contribution is -0.236. The number of piperidine rings is 1. The van der Waals surface area contributed by atoms with Gasteiger partial charge in [-0.2, -0.15) is 0 Å². The van der Waals surface area contributed by atoms with Crippen molar-refractivity contribution in [3.8, 4) is 11.5 Å². The molecule has 3 aliphatic heterocycles. The van der Waals surface area contributed by atoms with E-state index in [2.05, 4.69) is 37.9 Å². The first-order valence-electron chi connectivity index (χ1n) is 9.92. The molecule has 2 fully saturated rings. The first kappa shape index (κ1) is 16.8. The maximum atomic E-state index is 6.72. The van der Waals surface area contributed by atoms with Crippen molar-refractivity contribution in [3.63, 3.8) is 0 Å². The number of hydrogen-bond donors (Lipinski definition) is 0. The standard InChI is InChI=1S/C21H29NO4/c1-5-21(24-10-11-25-21)19-20-8-9-22(3)15(13(20)2)12-14-6-7-16(23-4)18(26-19)17(14)20/h6-7,13,15,19H,5,8-12H2,1-4H3. The molecule has 5 heteroatoms. The summed E-state index contributed by atoms with van der Waals surface area (Å²) in [6, 6.07) is 4.83. The molecule has 1 aromatic rings. The van der Waals surface area contributed by atoms with E-state index in [0.717, 1.165) is 37.3 Å². The molecule has 142 valence electrons. The van der Waals surface area contributed by atoms with Crippen LogP contribution in [0.5, 0.6) is 11.5 Å². The summed E-state index contributed by atoms with van der Waals surface area (Å²) < 4.78 is 24.9. The molecule has 0 N–H and O–H groups in total. The summed E-state index contributed by atoms with van der Waals surface area (Å²) >= 11 is 0. The van der Waals surface area contributed by atoms with Gasteiger partial charge < -0.3 is 23.8 Å². The molecule has 26 heavy (non-hydrogen) atoms. The Morgan fingerprint density at radius 2 is 2.04 bits per heavy atom. The van der Waals surface area contributed by atoms with Crippen molar-refractivity contribution in [2.45, 2.75) is 56.5 Å². The van der Waals surface area contributed by atoms with E-state index in [4.69, 9.17) is 18.9 Å². The van der Waals surface area contributed by atoms with E-state index in [0.29, 0.717) is 25.2 Å². The third-order valence-electron chi connectivity index (χ3n) is 7.53. The maximum absolute atomic E-state index is 6.72. The molecule has 4 atom stereocenters. The lowest BCUT2D eigenvalue weighted by Gasteiger charge is -2.56. The summed E-state index contributed by atoms with van der Waals surface area (Å²) in [5.74, 6) is 1.58. The van der Waals surface area contributed by atoms with Crippen LogP contribution in [-0.2, 0) is 21.3 Å². The molecule has 1 aromatic carbocycles. The normalized spacial score (nSPS) is 37.3. The van der Waals surface area contributed by atoms with E-state index < -0.39 is 5.79 Å². The van der Waals surface area contributed by atoms with E-state index >= 15 is 0 Å². The number of rotatable bonds is 3. The lowest BCUT2D eigenvalue weighted by Crippen LogP contribution is -2.66. The Morgan fingerprint density at radius 3 is 2.73 bits per heavy atom. The fourth-order valence-electron chi connectivity index (χ4n) is 6.17. The van der Waals surface area contributed by atoms with Crippen molar-refractivity contribution in [3.05, 3.63) is 23.3 Å². The number of likely N-dealkylation sites (tertiary alicyclic amines) is 1. The molecule has 2 bridgehead atoms. The number of methoxy groups -OCH3 is 1. The average molecular weight is 359 g/mol. The van der Waals surface area contributed by atoms with E-state index in [1.54, 1.807) is 7.11 Å². The van der Waals surface area contributed by atoms with Crippen LogP contribution < -0.4 is 9.47 Å². The van der Waals surface area contributed by atoms with Crippen LogP contribution in [0.2, 0.25) is 0 Å². The zero-order chi connectivity index (χ0) is 18.1. The molecule has 4 aliphatic rings. The average Bonchev–Trinajstić information content (AvgIpc) is 3.26. The highest BCUT2D eigenvalue weighted by molar-refractivity contribution is 5.61. The summed E-state index contributed by atoms with van der Waals surface area (Å²) in [7, 11) is 3.98. The van der Waals surface area contributed by atoms with E-state index in [-0.39, 0.29) is 11.5 Å². The molecule has 3 heterocycles. The van der Waals surface area contributed by atoms with Gasteiger partial charge in [-0.1, -0.05) is 19.9 Å². The second kappa shape index (κ2) is 5.60. The van der Waals surface area contributed by atoms with Crippen LogP contribution in [0.25, 0.3) is 0 Å². The van der Waals surface area contributed by atoms with Gasteiger partial charge in [0, 0.05) is 23.4 Å². The molecule has 0 radical (unpaired) electrons. The van der Waals surface area contributed by atoms with E-state index in [1.165, 1.54) is 11.1 Å². The number of ether oxygens (including phenoxy) is 4. The van der Waals surface area contributed by atoms with Crippen molar-refractivity contribution in [2.75, 3.05) is 33.9 Å². The predicted molar refractivity (Wildman–Crippen MR) is 97.9 cm³/mol. The number of likely N-dealkylation sites (N-methyl/N-ethyl adjacent to an activating group) is 1. The van der Waals surface area contributed by atoms with Crippen molar-refractivity contribution < 1.29 is 18.9 Å². The maximum Gasteiger partial charge on any atom is 0.206 e. The van der Waals surface area contributed by atoms with E-state index in [9.17, 15) is 0 Å². The van der Waals surface area contributed by atoms with Gasteiger partial charge in [-0.15, -0.1) is 0 Å². The molecular weight excluding hydrogens is 330 g/mol. The largest absolute Gasteiger partial charge is 0.493 e. The highest BCUT2D eigenvalue weighted by Crippen LogP contribution is 2.62. The third kappa shape index (κ3) is 1.87. The Balaban J connectivity index is 1.75. The Labute approximate surface area is 155 Å². The molecule has 0 aromatic heterocycles. The zero-order valence-corrected chi connectivity index (χ0v) is 16.2. The molecule has 1 spiro atoms. The fourth-order valence-corrected chi connectivity index (χ4v) is 6.17. The third-order valence-corrected chi connectivity index (χ3v) is 7.53. The molecule has 0 saturated carbocycles. The van der Waals surface area contributed by atoms with Crippen molar-refractivity contribution in [2.24, 2.45) is 5.92 Å².